The number of carbonyl (C=O) groups excluding carboxylic acids is 1. The van der Waals surface area contributed by atoms with Crippen molar-refractivity contribution in [1.82, 2.24) is 5.32 Å². The lowest BCUT2D eigenvalue weighted by atomic mass is 10.1. The van der Waals surface area contributed by atoms with E-state index in [1.54, 1.807) is 12.1 Å². The lowest BCUT2D eigenvalue weighted by Gasteiger charge is -2.12. The minimum absolute atomic E-state index is 0.00518. The summed E-state index contributed by atoms with van der Waals surface area (Å²) >= 11 is 0. The largest absolute Gasteiger partial charge is 0.459 e. The number of non-ortho nitro benzene ring substituents is 1. The van der Waals surface area contributed by atoms with Crippen molar-refractivity contribution < 1.29 is 19.2 Å². The van der Waals surface area contributed by atoms with E-state index in [-0.39, 0.29) is 24.5 Å². The third-order valence-corrected chi connectivity index (χ3v) is 3.29. The van der Waals surface area contributed by atoms with Gasteiger partial charge in [-0.1, -0.05) is 19.1 Å². The van der Waals surface area contributed by atoms with Crippen molar-refractivity contribution in [1.29, 1.82) is 5.26 Å². The van der Waals surface area contributed by atoms with Crippen molar-refractivity contribution in [2.45, 2.75) is 26.8 Å². The number of hydrogen-bond acceptors (Lipinski definition) is 7. The zero-order valence-corrected chi connectivity index (χ0v) is 14.3. The number of hydrogen-bond donors (Lipinski definition) is 1. The molecule has 25 heavy (non-hydrogen) atoms. The van der Waals surface area contributed by atoms with E-state index in [9.17, 15) is 20.2 Å². The quantitative estimate of drug-likeness (QED) is 0.173. The van der Waals surface area contributed by atoms with Crippen molar-refractivity contribution in [3.05, 3.63) is 51.2 Å². The number of carbonyl (C=O) groups is 1. The second kappa shape index (κ2) is 10.8. The Morgan fingerprint density at radius 2 is 1.96 bits per heavy atom. The third-order valence-electron chi connectivity index (χ3n) is 3.29. The molecule has 1 rings (SSSR count). The lowest BCUT2D eigenvalue weighted by molar-refractivity contribution is -0.384. The van der Waals surface area contributed by atoms with Crippen molar-refractivity contribution in [2.24, 2.45) is 0 Å². The zero-order valence-electron chi connectivity index (χ0n) is 14.3. The Morgan fingerprint density at radius 1 is 1.28 bits per heavy atom. The van der Waals surface area contributed by atoms with Crippen molar-refractivity contribution >= 4 is 11.7 Å². The molecule has 1 N–H and O–H groups in total. The average Bonchev–Trinajstić information content (AvgIpc) is 2.62. The molecule has 0 atom stereocenters. The van der Waals surface area contributed by atoms with E-state index in [1.807, 2.05) is 19.9 Å². The topological polar surface area (TPSA) is 114 Å². The summed E-state index contributed by atoms with van der Waals surface area (Å²) in [7, 11) is 0. The van der Waals surface area contributed by atoms with Gasteiger partial charge >= 0.3 is 5.97 Å². The maximum atomic E-state index is 12.0. The number of nitro groups is 1. The van der Waals surface area contributed by atoms with Crippen LogP contribution in [0.15, 0.2) is 35.5 Å². The van der Waals surface area contributed by atoms with Gasteiger partial charge in [0.15, 0.2) is 5.57 Å². The molecule has 0 unspecified atom stereocenters. The molecule has 0 aliphatic rings. The highest BCUT2D eigenvalue weighted by molar-refractivity contribution is 5.93. The molecule has 0 aromatic heterocycles. The molecule has 0 aliphatic carbocycles. The second-order valence-electron chi connectivity index (χ2n) is 4.93. The van der Waals surface area contributed by atoms with Crippen LogP contribution in [0.2, 0.25) is 0 Å². The van der Waals surface area contributed by atoms with Crippen LogP contribution in [0.4, 0.5) is 5.69 Å². The van der Waals surface area contributed by atoms with Crippen LogP contribution in [0.25, 0.3) is 0 Å². The van der Waals surface area contributed by atoms with Gasteiger partial charge in [0.05, 0.1) is 11.5 Å². The lowest BCUT2D eigenvalue weighted by Crippen LogP contribution is -2.20. The Bertz CT molecular complexity index is 662. The van der Waals surface area contributed by atoms with Gasteiger partial charge in [-0.15, -0.1) is 0 Å². The smallest absolute Gasteiger partial charge is 0.350 e. The summed E-state index contributed by atoms with van der Waals surface area (Å²) in [5.74, 6) is -0.699. The predicted molar refractivity (Wildman–Crippen MR) is 90.3 cm³/mol. The monoisotopic (exact) mass is 347 g/mol. The van der Waals surface area contributed by atoms with Gasteiger partial charge in [-0.3, -0.25) is 10.1 Å². The van der Waals surface area contributed by atoms with Crippen LogP contribution >= 0.6 is 0 Å². The number of nitriles is 1. The first-order chi connectivity index (χ1) is 12.0. The van der Waals surface area contributed by atoms with E-state index in [0.29, 0.717) is 25.3 Å². The van der Waals surface area contributed by atoms with Crippen LogP contribution < -0.4 is 5.32 Å². The maximum absolute atomic E-state index is 12.0. The number of nitrogens with one attached hydrogen (secondary N) is 1. The molecule has 1 aromatic carbocycles. The molecule has 0 aliphatic heterocycles. The second-order valence-corrected chi connectivity index (χ2v) is 4.93. The summed E-state index contributed by atoms with van der Waals surface area (Å²) in [6.07, 6.45) is 0.441. The fraction of sp³-hybridized carbons (Fsp3) is 0.412. The van der Waals surface area contributed by atoms with Gasteiger partial charge < -0.3 is 14.8 Å². The average molecular weight is 347 g/mol. The molecule has 1 aromatic rings. The number of nitrogens with zero attached hydrogens (tertiary/aromatic N) is 2. The van der Waals surface area contributed by atoms with E-state index < -0.39 is 10.9 Å². The van der Waals surface area contributed by atoms with Crippen LogP contribution in [0, 0.1) is 21.4 Å². The van der Waals surface area contributed by atoms with Crippen LogP contribution in [0.1, 0.15) is 25.8 Å². The number of nitro benzene ring substituents is 1. The van der Waals surface area contributed by atoms with Gasteiger partial charge in [0, 0.05) is 31.0 Å². The third kappa shape index (κ3) is 6.61. The first-order valence-electron chi connectivity index (χ1n) is 7.88. The fourth-order valence-corrected chi connectivity index (χ4v) is 1.98. The molecule has 0 saturated heterocycles. The normalized spacial score (nSPS) is 11.2. The van der Waals surface area contributed by atoms with Gasteiger partial charge in [0.1, 0.15) is 12.7 Å². The van der Waals surface area contributed by atoms with Crippen LogP contribution in [-0.4, -0.2) is 30.7 Å². The molecule has 0 radical (unpaired) electrons. The minimum atomic E-state index is -0.699. The summed E-state index contributed by atoms with van der Waals surface area (Å²) < 4.78 is 10.1. The van der Waals surface area contributed by atoms with Crippen LogP contribution in [0.3, 0.4) is 0 Å². The van der Waals surface area contributed by atoms with E-state index in [4.69, 9.17) is 9.47 Å². The van der Waals surface area contributed by atoms with Gasteiger partial charge in [-0.05, 0) is 18.9 Å². The fourth-order valence-electron chi connectivity index (χ4n) is 1.98. The molecule has 0 spiro atoms. The highest BCUT2D eigenvalue weighted by atomic mass is 16.6. The Morgan fingerprint density at radius 3 is 2.48 bits per heavy atom. The van der Waals surface area contributed by atoms with Gasteiger partial charge in [0.2, 0.25) is 0 Å². The summed E-state index contributed by atoms with van der Waals surface area (Å²) in [5, 5.41) is 22.9. The van der Waals surface area contributed by atoms with Crippen molar-refractivity contribution in [3.8, 4) is 6.07 Å². The molecule has 8 heteroatoms. The number of ether oxygens (including phenoxy) is 2. The van der Waals surface area contributed by atoms with Crippen LogP contribution in [0.5, 0.6) is 0 Å². The Kier molecular flexibility index (Phi) is 8.68. The summed E-state index contributed by atoms with van der Waals surface area (Å²) in [6.45, 7) is 4.85. The Balaban J connectivity index is 2.72. The van der Waals surface area contributed by atoms with Crippen molar-refractivity contribution in [2.75, 3.05) is 19.8 Å². The molecule has 0 bridgehead atoms. The standard InChI is InChI=1S/C17H21N3O5/c1-3-16(15(11-18)17(21)25-10-9-24-4-2)19-12-13-5-7-14(8-6-13)20(22)23/h5-8,19H,3-4,9-10,12H2,1-2H3. The summed E-state index contributed by atoms with van der Waals surface area (Å²) in [6, 6.07) is 7.90. The van der Waals surface area contributed by atoms with Gasteiger partial charge in [0.25, 0.3) is 5.69 Å². The SMILES string of the molecule is CCOCCOC(=O)C(C#N)=C(CC)NCc1ccc([N+](=O)[O-])cc1. The number of esters is 1. The molecule has 0 fully saturated rings. The molecule has 8 nitrogen and oxygen atoms in total. The van der Waals surface area contributed by atoms with E-state index in [2.05, 4.69) is 5.32 Å². The highest BCUT2D eigenvalue weighted by Gasteiger charge is 2.16. The minimum Gasteiger partial charge on any atom is -0.459 e. The number of rotatable bonds is 10. The molecule has 134 valence electrons. The number of benzene rings is 1. The molecular weight excluding hydrogens is 326 g/mol. The highest BCUT2D eigenvalue weighted by Crippen LogP contribution is 2.13. The first kappa shape index (κ1) is 20.1. The number of allylic oxidation sites excluding steroid dienone is 1. The Labute approximate surface area is 146 Å². The Hall–Kier alpha value is -2.92. The molecule has 0 saturated carbocycles. The van der Waals surface area contributed by atoms with Gasteiger partial charge in [-0.25, -0.2) is 4.79 Å². The van der Waals surface area contributed by atoms with Crippen LogP contribution in [-0.2, 0) is 20.8 Å². The zero-order chi connectivity index (χ0) is 18.7. The van der Waals surface area contributed by atoms with E-state index in [1.165, 1.54) is 12.1 Å². The predicted octanol–water partition coefficient (Wildman–Crippen LogP) is 2.45. The van der Waals surface area contributed by atoms with Crippen molar-refractivity contribution in [3.63, 3.8) is 0 Å². The molecule has 0 heterocycles. The molecule has 0 amide bonds. The maximum Gasteiger partial charge on any atom is 0.350 e. The van der Waals surface area contributed by atoms with Gasteiger partial charge in [-0.2, -0.15) is 5.26 Å². The summed E-state index contributed by atoms with van der Waals surface area (Å²) in [4.78, 5) is 22.2. The first-order valence-corrected chi connectivity index (χ1v) is 7.88. The summed E-state index contributed by atoms with van der Waals surface area (Å²) in [5.41, 5.74) is 1.17. The molecular formula is C17H21N3O5. The van der Waals surface area contributed by atoms with E-state index in [0.717, 1.165) is 5.56 Å². The van der Waals surface area contributed by atoms with E-state index >= 15 is 0 Å².